The predicted molar refractivity (Wildman–Crippen MR) is 107 cm³/mol. The molecule has 0 radical (unpaired) electrons. The smallest absolute Gasteiger partial charge is 0.254 e. The summed E-state index contributed by atoms with van der Waals surface area (Å²) in [7, 11) is 2.00. The van der Waals surface area contributed by atoms with E-state index in [1.165, 1.54) is 5.56 Å². The average molecular weight is 363 g/mol. The van der Waals surface area contributed by atoms with Crippen LogP contribution in [0.15, 0.2) is 36.5 Å². The number of fused-ring (bicyclic) bond motifs is 1. The number of likely N-dealkylation sites (N-methyl/N-ethyl adjacent to an activating group) is 1. The summed E-state index contributed by atoms with van der Waals surface area (Å²) in [5.74, 6) is 1.89. The fourth-order valence-corrected chi connectivity index (χ4v) is 3.60. The van der Waals surface area contributed by atoms with Gasteiger partial charge in [0.1, 0.15) is 11.6 Å². The Labute approximate surface area is 159 Å². The number of pyridine rings is 1. The summed E-state index contributed by atoms with van der Waals surface area (Å²) in [4.78, 5) is 29.1. The fourth-order valence-electron chi connectivity index (χ4n) is 3.60. The fraction of sp³-hybridized carbons (Fsp3) is 0.381. The third-order valence-electron chi connectivity index (χ3n) is 5.22. The Hall–Kier alpha value is -2.89. The Balaban J connectivity index is 1.44. The van der Waals surface area contributed by atoms with Crippen molar-refractivity contribution in [2.75, 3.05) is 31.6 Å². The second-order valence-electron chi connectivity index (χ2n) is 7.23. The molecule has 2 aromatic heterocycles. The standard InChI is InChI=1S/C21H25N5O/c1-15-6-5-7-17-20(15)24-18(23-17)9-13-25(2)19-14-16(8-10-22-19)21(27)26-11-3-4-12-26/h5-8,10,14H,3-4,9,11-13H2,1-2H3,(H,23,24). The van der Waals surface area contributed by atoms with Crippen LogP contribution >= 0.6 is 0 Å². The quantitative estimate of drug-likeness (QED) is 0.756. The lowest BCUT2D eigenvalue weighted by atomic mass is 10.2. The van der Waals surface area contributed by atoms with E-state index >= 15 is 0 Å². The number of carbonyl (C=O) groups excluding carboxylic acids is 1. The van der Waals surface area contributed by atoms with E-state index in [1.807, 2.05) is 24.1 Å². The van der Waals surface area contributed by atoms with Gasteiger partial charge < -0.3 is 14.8 Å². The lowest BCUT2D eigenvalue weighted by Crippen LogP contribution is -2.28. The molecule has 4 rings (SSSR count). The van der Waals surface area contributed by atoms with E-state index in [0.29, 0.717) is 5.56 Å². The Morgan fingerprint density at radius 1 is 1.26 bits per heavy atom. The first kappa shape index (κ1) is 17.5. The highest BCUT2D eigenvalue weighted by molar-refractivity contribution is 5.95. The van der Waals surface area contributed by atoms with E-state index in [4.69, 9.17) is 4.98 Å². The largest absolute Gasteiger partial charge is 0.359 e. The summed E-state index contributed by atoms with van der Waals surface area (Å²) in [6.07, 6.45) is 4.71. The number of likely N-dealkylation sites (tertiary alicyclic amines) is 1. The van der Waals surface area contributed by atoms with E-state index in [2.05, 4.69) is 33.9 Å². The van der Waals surface area contributed by atoms with Gasteiger partial charge in [-0.3, -0.25) is 4.79 Å². The van der Waals surface area contributed by atoms with Crippen molar-refractivity contribution in [1.82, 2.24) is 19.9 Å². The number of aromatic nitrogens is 3. The molecule has 1 amide bonds. The maximum atomic E-state index is 12.6. The second-order valence-corrected chi connectivity index (χ2v) is 7.23. The van der Waals surface area contributed by atoms with Gasteiger partial charge in [0.25, 0.3) is 5.91 Å². The molecule has 3 aromatic rings. The molecule has 27 heavy (non-hydrogen) atoms. The molecule has 3 heterocycles. The van der Waals surface area contributed by atoms with Crippen LogP contribution in [-0.4, -0.2) is 52.4 Å². The van der Waals surface area contributed by atoms with Crippen LogP contribution in [0.25, 0.3) is 11.0 Å². The van der Waals surface area contributed by atoms with Crippen molar-refractivity contribution in [2.45, 2.75) is 26.2 Å². The molecule has 1 aliphatic heterocycles. The summed E-state index contributed by atoms with van der Waals surface area (Å²) in [5, 5.41) is 0. The molecule has 0 spiro atoms. The molecule has 0 unspecified atom stereocenters. The highest BCUT2D eigenvalue weighted by atomic mass is 16.2. The number of amides is 1. The van der Waals surface area contributed by atoms with Crippen molar-refractivity contribution >= 4 is 22.8 Å². The zero-order valence-electron chi connectivity index (χ0n) is 15.9. The molecule has 0 aliphatic carbocycles. The second kappa shape index (κ2) is 7.39. The number of aryl methyl sites for hydroxylation is 1. The lowest BCUT2D eigenvalue weighted by Gasteiger charge is -2.19. The van der Waals surface area contributed by atoms with Crippen LogP contribution in [0.3, 0.4) is 0 Å². The number of para-hydroxylation sites is 1. The molecule has 1 fully saturated rings. The third-order valence-corrected chi connectivity index (χ3v) is 5.22. The van der Waals surface area contributed by atoms with Gasteiger partial charge in [-0.05, 0) is 43.5 Å². The number of benzene rings is 1. The molecule has 0 atom stereocenters. The van der Waals surface area contributed by atoms with Gasteiger partial charge >= 0.3 is 0 Å². The molecule has 0 bridgehead atoms. The number of imidazole rings is 1. The monoisotopic (exact) mass is 363 g/mol. The van der Waals surface area contributed by atoms with Crippen LogP contribution in [0, 0.1) is 6.92 Å². The maximum Gasteiger partial charge on any atom is 0.254 e. The van der Waals surface area contributed by atoms with Crippen molar-refractivity contribution in [1.29, 1.82) is 0 Å². The minimum atomic E-state index is 0.109. The summed E-state index contributed by atoms with van der Waals surface area (Å²) < 4.78 is 0. The summed E-state index contributed by atoms with van der Waals surface area (Å²) >= 11 is 0. The van der Waals surface area contributed by atoms with Crippen molar-refractivity contribution in [3.8, 4) is 0 Å². The number of nitrogens with one attached hydrogen (secondary N) is 1. The Bertz CT molecular complexity index is 958. The van der Waals surface area contributed by atoms with E-state index in [-0.39, 0.29) is 5.91 Å². The van der Waals surface area contributed by atoms with E-state index in [0.717, 1.165) is 61.6 Å². The highest BCUT2D eigenvalue weighted by Gasteiger charge is 2.20. The van der Waals surface area contributed by atoms with Crippen LogP contribution in [0.5, 0.6) is 0 Å². The zero-order chi connectivity index (χ0) is 18.8. The van der Waals surface area contributed by atoms with Gasteiger partial charge in [-0.2, -0.15) is 0 Å². The van der Waals surface area contributed by atoms with Gasteiger partial charge in [0.2, 0.25) is 0 Å². The number of nitrogens with zero attached hydrogens (tertiary/aromatic N) is 4. The minimum Gasteiger partial charge on any atom is -0.359 e. The summed E-state index contributed by atoms with van der Waals surface area (Å²) in [6.45, 7) is 4.56. The predicted octanol–water partition coefficient (Wildman–Crippen LogP) is 3.18. The highest BCUT2D eigenvalue weighted by Crippen LogP contribution is 2.18. The number of H-pyrrole nitrogens is 1. The number of anilines is 1. The number of hydrogen-bond donors (Lipinski definition) is 1. The first-order chi connectivity index (χ1) is 13.1. The lowest BCUT2D eigenvalue weighted by molar-refractivity contribution is 0.0792. The first-order valence-electron chi connectivity index (χ1n) is 9.52. The number of rotatable bonds is 5. The number of hydrogen-bond acceptors (Lipinski definition) is 4. The van der Waals surface area contributed by atoms with Crippen LogP contribution < -0.4 is 4.90 Å². The molecule has 6 heteroatoms. The van der Waals surface area contributed by atoms with Crippen LogP contribution in [-0.2, 0) is 6.42 Å². The zero-order valence-corrected chi connectivity index (χ0v) is 15.9. The van der Waals surface area contributed by atoms with Crippen molar-refractivity contribution in [3.63, 3.8) is 0 Å². The first-order valence-corrected chi connectivity index (χ1v) is 9.52. The topological polar surface area (TPSA) is 65.1 Å². The van der Waals surface area contributed by atoms with Gasteiger partial charge in [0.05, 0.1) is 11.0 Å². The molecular weight excluding hydrogens is 338 g/mol. The van der Waals surface area contributed by atoms with Crippen molar-refractivity contribution in [3.05, 3.63) is 53.5 Å². The molecule has 1 N–H and O–H groups in total. The van der Waals surface area contributed by atoms with Gasteiger partial charge in [-0.25, -0.2) is 9.97 Å². The summed E-state index contributed by atoms with van der Waals surface area (Å²) in [5.41, 5.74) is 4.00. The van der Waals surface area contributed by atoms with Crippen LogP contribution in [0.1, 0.15) is 34.6 Å². The van der Waals surface area contributed by atoms with Gasteiger partial charge in [0.15, 0.2) is 0 Å². The van der Waals surface area contributed by atoms with E-state index in [9.17, 15) is 4.79 Å². The Morgan fingerprint density at radius 2 is 2.07 bits per heavy atom. The average Bonchev–Trinajstić information content (AvgIpc) is 3.36. The van der Waals surface area contributed by atoms with E-state index < -0.39 is 0 Å². The molecule has 6 nitrogen and oxygen atoms in total. The van der Waals surface area contributed by atoms with Crippen LogP contribution in [0.2, 0.25) is 0 Å². The van der Waals surface area contributed by atoms with E-state index in [1.54, 1.807) is 12.3 Å². The number of aromatic amines is 1. The molecule has 0 saturated carbocycles. The summed E-state index contributed by atoms with van der Waals surface area (Å²) in [6, 6.07) is 9.87. The number of carbonyl (C=O) groups is 1. The molecule has 1 aliphatic rings. The Morgan fingerprint density at radius 3 is 2.85 bits per heavy atom. The third kappa shape index (κ3) is 3.65. The van der Waals surface area contributed by atoms with Gasteiger partial charge in [-0.15, -0.1) is 0 Å². The van der Waals surface area contributed by atoms with Crippen molar-refractivity contribution < 1.29 is 4.79 Å². The maximum absolute atomic E-state index is 12.6. The molecule has 1 aromatic carbocycles. The SMILES string of the molecule is Cc1cccc2[nH]c(CCN(C)c3cc(C(=O)N4CCCC4)ccn3)nc12. The van der Waals surface area contributed by atoms with Gasteiger partial charge in [0, 0.05) is 44.9 Å². The van der Waals surface area contributed by atoms with Gasteiger partial charge in [-0.1, -0.05) is 12.1 Å². The van der Waals surface area contributed by atoms with Crippen LogP contribution in [0.4, 0.5) is 5.82 Å². The normalized spacial score (nSPS) is 14.1. The minimum absolute atomic E-state index is 0.109. The molecule has 140 valence electrons. The van der Waals surface area contributed by atoms with Crippen molar-refractivity contribution in [2.24, 2.45) is 0 Å². The molecular formula is C21H25N5O. The molecule has 1 saturated heterocycles. The Kier molecular flexibility index (Phi) is 4.79.